The number of amides is 2. The summed E-state index contributed by atoms with van der Waals surface area (Å²) >= 11 is 5.97. The van der Waals surface area contributed by atoms with Gasteiger partial charge in [0.05, 0.1) is 10.7 Å². The molecule has 0 aliphatic carbocycles. The average molecular weight is 392 g/mol. The number of aromatic nitrogens is 1. The van der Waals surface area contributed by atoms with Crippen LogP contribution < -0.4 is 15.0 Å². The molecule has 1 aliphatic heterocycles. The van der Waals surface area contributed by atoms with Gasteiger partial charge in [0, 0.05) is 12.7 Å². The molecule has 0 radical (unpaired) electrons. The van der Waals surface area contributed by atoms with Crippen LogP contribution in [0.4, 0.5) is 15.9 Å². The first kappa shape index (κ1) is 19.1. The highest BCUT2D eigenvalue weighted by molar-refractivity contribution is 6.34. The van der Waals surface area contributed by atoms with E-state index >= 15 is 0 Å². The predicted molar refractivity (Wildman–Crippen MR) is 101 cm³/mol. The minimum absolute atomic E-state index is 0.0279. The molecule has 1 aliphatic rings. The molecular weight excluding hydrogens is 373 g/mol. The monoisotopic (exact) mass is 391 g/mol. The maximum Gasteiger partial charge on any atom is 0.282 e. The Kier molecular flexibility index (Phi) is 5.32. The number of ether oxygens (including phenoxy) is 1. The lowest BCUT2D eigenvalue weighted by molar-refractivity contribution is -0.145. The van der Waals surface area contributed by atoms with Gasteiger partial charge in [-0.15, -0.1) is 0 Å². The molecule has 1 atom stereocenters. The van der Waals surface area contributed by atoms with E-state index in [1.165, 1.54) is 24.0 Å². The van der Waals surface area contributed by atoms with Crippen molar-refractivity contribution >= 4 is 34.9 Å². The molecule has 0 fully saturated rings. The molecule has 1 aromatic heterocycles. The topological polar surface area (TPSA) is 71.5 Å². The van der Waals surface area contributed by atoms with E-state index in [2.05, 4.69) is 10.3 Å². The number of pyridine rings is 1. The number of carbonyl (C=O) groups is 2. The Morgan fingerprint density at radius 1 is 1.41 bits per heavy atom. The number of unbranched alkanes of at least 4 members (excludes halogenated alkanes) is 1. The molecule has 0 spiro atoms. The zero-order valence-electron chi connectivity index (χ0n) is 15.0. The number of hydrogen-bond acceptors (Lipinski definition) is 4. The van der Waals surface area contributed by atoms with Crippen LogP contribution >= 0.6 is 11.6 Å². The van der Waals surface area contributed by atoms with Crippen LogP contribution in [0, 0.1) is 5.82 Å². The van der Waals surface area contributed by atoms with Gasteiger partial charge in [0.25, 0.3) is 17.4 Å². The van der Waals surface area contributed by atoms with E-state index in [-0.39, 0.29) is 10.7 Å². The van der Waals surface area contributed by atoms with Crippen LogP contribution in [0.25, 0.3) is 0 Å². The summed E-state index contributed by atoms with van der Waals surface area (Å²) in [4.78, 5) is 31.7. The van der Waals surface area contributed by atoms with Crippen LogP contribution in [0.3, 0.4) is 0 Å². The van der Waals surface area contributed by atoms with Gasteiger partial charge in [-0.3, -0.25) is 14.5 Å². The third-order valence-corrected chi connectivity index (χ3v) is 4.63. The average Bonchev–Trinajstić information content (AvgIpc) is 2.64. The smallest absolute Gasteiger partial charge is 0.282 e. The molecule has 1 aromatic carbocycles. The van der Waals surface area contributed by atoms with Crippen molar-refractivity contribution in [2.24, 2.45) is 0 Å². The van der Waals surface area contributed by atoms with E-state index in [1.54, 1.807) is 18.3 Å². The fourth-order valence-corrected chi connectivity index (χ4v) is 3.00. The van der Waals surface area contributed by atoms with Crippen molar-refractivity contribution < 1.29 is 18.7 Å². The standard InChI is InChI=1S/C19H19ClFN3O3/c1-3-4-10-24-16-15(6-5-9-22-16)27-19(2,18(24)26)17(25)23-14-8-7-12(21)11-13(14)20/h5-9,11H,3-4,10H2,1-2H3,(H,23,25). The Balaban J connectivity index is 1.93. The molecule has 1 N–H and O–H groups in total. The lowest BCUT2D eigenvalue weighted by atomic mass is 10.0. The molecule has 0 bridgehead atoms. The van der Waals surface area contributed by atoms with Crippen LogP contribution in [0.2, 0.25) is 5.02 Å². The fraction of sp³-hybridized carbons (Fsp3) is 0.316. The number of nitrogens with zero attached hydrogens (tertiary/aromatic N) is 2. The first-order chi connectivity index (χ1) is 12.9. The number of fused-ring (bicyclic) bond motifs is 1. The van der Waals surface area contributed by atoms with Gasteiger partial charge in [-0.25, -0.2) is 9.37 Å². The van der Waals surface area contributed by atoms with Crippen molar-refractivity contribution in [2.75, 3.05) is 16.8 Å². The molecule has 8 heteroatoms. The van der Waals surface area contributed by atoms with Crippen LogP contribution in [0.1, 0.15) is 26.7 Å². The highest BCUT2D eigenvalue weighted by Gasteiger charge is 2.51. The molecule has 142 valence electrons. The number of carbonyl (C=O) groups excluding carboxylic acids is 2. The quantitative estimate of drug-likeness (QED) is 0.787. The van der Waals surface area contributed by atoms with Gasteiger partial charge < -0.3 is 10.1 Å². The second kappa shape index (κ2) is 7.52. The van der Waals surface area contributed by atoms with E-state index in [9.17, 15) is 14.0 Å². The van der Waals surface area contributed by atoms with E-state index < -0.39 is 23.2 Å². The second-order valence-electron chi connectivity index (χ2n) is 6.35. The molecule has 2 amide bonds. The van der Waals surface area contributed by atoms with Gasteiger partial charge in [-0.1, -0.05) is 24.9 Å². The highest BCUT2D eigenvalue weighted by atomic mass is 35.5. The Morgan fingerprint density at radius 2 is 2.19 bits per heavy atom. The third kappa shape index (κ3) is 3.60. The summed E-state index contributed by atoms with van der Waals surface area (Å²) in [6.07, 6.45) is 3.19. The molecule has 3 rings (SSSR count). The Bertz CT molecular complexity index is 892. The van der Waals surface area contributed by atoms with E-state index in [0.717, 1.165) is 18.9 Å². The fourth-order valence-electron chi connectivity index (χ4n) is 2.78. The lowest BCUT2D eigenvalue weighted by Gasteiger charge is -2.38. The van der Waals surface area contributed by atoms with Gasteiger partial charge in [0.2, 0.25) is 0 Å². The summed E-state index contributed by atoms with van der Waals surface area (Å²) in [5.41, 5.74) is -1.61. The first-order valence-corrected chi connectivity index (χ1v) is 8.97. The number of benzene rings is 1. The number of anilines is 2. The van der Waals surface area contributed by atoms with Crippen molar-refractivity contribution in [2.45, 2.75) is 32.3 Å². The Labute approximate surface area is 161 Å². The lowest BCUT2D eigenvalue weighted by Crippen LogP contribution is -2.61. The van der Waals surface area contributed by atoms with E-state index in [0.29, 0.717) is 18.1 Å². The third-order valence-electron chi connectivity index (χ3n) is 4.32. The molecular formula is C19H19ClFN3O3. The molecule has 0 saturated heterocycles. The second-order valence-corrected chi connectivity index (χ2v) is 6.76. The summed E-state index contributed by atoms with van der Waals surface area (Å²) in [7, 11) is 0. The van der Waals surface area contributed by atoms with Crippen LogP contribution in [0.5, 0.6) is 5.75 Å². The number of rotatable bonds is 5. The number of halogens is 2. The van der Waals surface area contributed by atoms with Crippen molar-refractivity contribution in [3.8, 4) is 5.75 Å². The SMILES string of the molecule is CCCCN1C(=O)C(C)(C(=O)Nc2ccc(F)cc2Cl)Oc2cccnc21. The summed E-state index contributed by atoms with van der Waals surface area (Å²) < 4.78 is 19.0. The van der Waals surface area contributed by atoms with Gasteiger partial charge in [0.1, 0.15) is 5.82 Å². The molecule has 0 saturated carbocycles. The van der Waals surface area contributed by atoms with Crippen LogP contribution in [-0.2, 0) is 9.59 Å². The number of hydrogen-bond donors (Lipinski definition) is 1. The van der Waals surface area contributed by atoms with Crippen molar-refractivity contribution in [3.05, 3.63) is 47.4 Å². The molecule has 2 aromatic rings. The largest absolute Gasteiger partial charge is 0.464 e. The maximum absolute atomic E-state index is 13.2. The van der Waals surface area contributed by atoms with E-state index in [4.69, 9.17) is 16.3 Å². The summed E-state index contributed by atoms with van der Waals surface area (Å²) in [6.45, 7) is 3.83. The zero-order valence-corrected chi connectivity index (χ0v) is 15.7. The molecule has 6 nitrogen and oxygen atoms in total. The minimum atomic E-state index is -1.80. The van der Waals surface area contributed by atoms with Crippen molar-refractivity contribution in [3.63, 3.8) is 0 Å². The predicted octanol–water partition coefficient (Wildman–Crippen LogP) is 3.80. The normalized spacial score (nSPS) is 18.7. The first-order valence-electron chi connectivity index (χ1n) is 8.59. The van der Waals surface area contributed by atoms with Gasteiger partial charge in [-0.05, 0) is 43.7 Å². The van der Waals surface area contributed by atoms with Crippen LogP contribution in [-0.4, -0.2) is 28.9 Å². The summed E-state index contributed by atoms with van der Waals surface area (Å²) in [5, 5.41) is 2.58. The molecule has 27 heavy (non-hydrogen) atoms. The summed E-state index contributed by atoms with van der Waals surface area (Å²) in [6, 6.07) is 6.90. The zero-order chi connectivity index (χ0) is 19.6. The highest BCUT2D eigenvalue weighted by Crippen LogP contribution is 2.37. The van der Waals surface area contributed by atoms with Crippen molar-refractivity contribution in [1.82, 2.24) is 4.98 Å². The van der Waals surface area contributed by atoms with Gasteiger partial charge in [-0.2, -0.15) is 0 Å². The maximum atomic E-state index is 13.2. The number of nitrogens with one attached hydrogen (secondary N) is 1. The van der Waals surface area contributed by atoms with E-state index in [1.807, 2.05) is 6.92 Å². The Hall–Kier alpha value is -2.67. The molecule has 2 heterocycles. The van der Waals surface area contributed by atoms with Crippen molar-refractivity contribution in [1.29, 1.82) is 0 Å². The Morgan fingerprint density at radius 3 is 2.89 bits per heavy atom. The van der Waals surface area contributed by atoms with Gasteiger partial charge >= 0.3 is 0 Å². The molecule has 1 unspecified atom stereocenters. The minimum Gasteiger partial charge on any atom is -0.464 e. The van der Waals surface area contributed by atoms with Crippen LogP contribution in [0.15, 0.2) is 36.5 Å². The van der Waals surface area contributed by atoms with Gasteiger partial charge in [0.15, 0.2) is 11.6 Å². The summed E-state index contributed by atoms with van der Waals surface area (Å²) in [5.74, 6) is -1.01.